The van der Waals surface area contributed by atoms with Crippen molar-refractivity contribution in [3.8, 4) is 0 Å². The molecule has 1 aromatic heterocycles. The Morgan fingerprint density at radius 3 is 2.33 bits per heavy atom. The van der Waals surface area contributed by atoms with Gasteiger partial charge in [0.1, 0.15) is 12.2 Å². The predicted molar refractivity (Wildman–Crippen MR) is 119 cm³/mol. The van der Waals surface area contributed by atoms with E-state index in [4.69, 9.17) is 0 Å². The first-order chi connectivity index (χ1) is 14.4. The van der Waals surface area contributed by atoms with E-state index in [0.717, 1.165) is 41.8 Å². The average Bonchev–Trinajstić information content (AvgIpc) is 2.74. The van der Waals surface area contributed by atoms with E-state index in [-0.39, 0.29) is 18.0 Å². The summed E-state index contributed by atoms with van der Waals surface area (Å²) in [5.41, 5.74) is 5.21. The Labute approximate surface area is 176 Å². The van der Waals surface area contributed by atoms with Crippen LogP contribution in [0, 0.1) is 20.8 Å². The van der Waals surface area contributed by atoms with Crippen LogP contribution in [-0.4, -0.2) is 51.4 Å². The largest absolute Gasteiger partial charge is 0.339 e. The van der Waals surface area contributed by atoms with Crippen LogP contribution in [0.1, 0.15) is 22.4 Å². The zero-order valence-electron chi connectivity index (χ0n) is 17.9. The minimum atomic E-state index is -0.193. The van der Waals surface area contributed by atoms with Crippen LogP contribution in [-0.2, 0) is 17.9 Å². The van der Waals surface area contributed by atoms with Gasteiger partial charge in [-0.15, -0.1) is 0 Å². The number of hydrogen-bond acceptors (Lipinski definition) is 4. The molecule has 2 aromatic carbocycles. The van der Waals surface area contributed by atoms with Gasteiger partial charge < -0.3 is 4.90 Å². The molecular weight excluding hydrogens is 376 g/mol. The summed E-state index contributed by atoms with van der Waals surface area (Å²) in [6, 6.07) is 14.3. The van der Waals surface area contributed by atoms with E-state index < -0.39 is 0 Å². The van der Waals surface area contributed by atoms with Gasteiger partial charge in [0.15, 0.2) is 0 Å². The van der Waals surface area contributed by atoms with Crippen LogP contribution in [0.2, 0.25) is 0 Å². The number of amides is 1. The molecule has 4 rings (SSSR count). The maximum atomic E-state index is 13.0. The highest BCUT2D eigenvalue weighted by Crippen LogP contribution is 2.17. The van der Waals surface area contributed by atoms with E-state index in [9.17, 15) is 9.59 Å². The molecule has 0 atom stereocenters. The minimum absolute atomic E-state index is 0.0124. The number of aryl methyl sites for hydroxylation is 3. The van der Waals surface area contributed by atoms with Crippen molar-refractivity contribution in [1.29, 1.82) is 0 Å². The number of nitrogens with zero attached hydrogens (tertiary/aromatic N) is 4. The first-order valence-electron chi connectivity index (χ1n) is 10.4. The van der Waals surface area contributed by atoms with Crippen molar-refractivity contribution in [1.82, 2.24) is 19.4 Å². The number of carbonyl (C=O) groups is 1. The summed E-state index contributed by atoms with van der Waals surface area (Å²) < 4.78 is 1.59. The lowest BCUT2D eigenvalue weighted by Gasteiger charge is -2.35. The van der Waals surface area contributed by atoms with Crippen molar-refractivity contribution < 1.29 is 4.79 Å². The standard InChI is InChI=1S/C24H28N4O2/c1-17-13-21-22(14-18(17)2)28(24(30)19(3)25-21)16-23(29)27-11-9-26(10-12-27)15-20-7-5-4-6-8-20/h4-8,13-14H,9-12,15-16H2,1-3H3. The lowest BCUT2D eigenvalue weighted by Crippen LogP contribution is -2.49. The molecule has 0 N–H and O–H groups in total. The summed E-state index contributed by atoms with van der Waals surface area (Å²) in [4.78, 5) is 34.5. The molecule has 2 heterocycles. The van der Waals surface area contributed by atoms with Gasteiger partial charge in [0.05, 0.1) is 11.0 Å². The third-order valence-corrected chi connectivity index (χ3v) is 5.99. The van der Waals surface area contributed by atoms with Gasteiger partial charge in [0.2, 0.25) is 5.91 Å². The highest BCUT2D eigenvalue weighted by atomic mass is 16.2. The molecule has 1 aliphatic heterocycles. The Morgan fingerprint density at radius 1 is 0.967 bits per heavy atom. The second-order valence-electron chi connectivity index (χ2n) is 8.16. The molecule has 6 heteroatoms. The number of rotatable bonds is 4. The monoisotopic (exact) mass is 404 g/mol. The lowest BCUT2D eigenvalue weighted by atomic mass is 10.1. The molecule has 156 valence electrons. The third-order valence-electron chi connectivity index (χ3n) is 5.99. The highest BCUT2D eigenvalue weighted by molar-refractivity contribution is 5.81. The fourth-order valence-electron chi connectivity index (χ4n) is 4.01. The fourth-order valence-corrected chi connectivity index (χ4v) is 4.01. The topological polar surface area (TPSA) is 58.4 Å². The highest BCUT2D eigenvalue weighted by Gasteiger charge is 2.22. The van der Waals surface area contributed by atoms with E-state index in [1.54, 1.807) is 11.5 Å². The molecule has 0 unspecified atom stereocenters. The van der Waals surface area contributed by atoms with Gasteiger partial charge in [-0.3, -0.25) is 19.1 Å². The number of benzene rings is 2. The van der Waals surface area contributed by atoms with E-state index in [2.05, 4.69) is 34.1 Å². The van der Waals surface area contributed by atoms with Crippen LogP contribution in [0.25, 0.3) is 11.0 Å². The molecule has 1 amide bonds. The molecule has 6 nitrogen and oxygen atoms in total. The number of carbonyl (C=O) groups excluding carboxylic acids is 1. The number of hydrogen-bond donors (Lipinski definition) is 0. The summed E-state index contributed by atoms with van der Waals surface area (Å²) in [6.07, 6.45) is 0. The Hall–Kier alpha value is -2.99. The first-order valence-corrected chi connectivity index (χ1v) is 10.4. The Bertz CT molecular complexity index is 1130. The number of aromatic nitrogens is 2. The lowest BCUT2D eigenvalue weighted by molar-refractivity contribution is -0.133. The van der Waals surface area contributed by atoms with Gasteiger partial charge in [-0.1, -0.05) is 30.3 Å². The Balaban J connectivity index is 1.48. The van der Waals surface area contributed by atoms with Gasteiger partial charge in [-0.05, 0) is 49.6 Å². The zero-order valence-corrected chi connectivity index (χ0v) is 17.9. The summed E-state index contributed by atoms with van der Waals surface area (Å²) in [5, 5.41) is 0. The molecule has 1 aliphatic rings. The normalized spacial score (nSPS) is 15.0. The van der Waals surface area contributed by atoms with Crippen molar-refractivity contribution >= 4 is 16.9 Å². The minimum Gasteiger partial charge on any atom is -0.339 e. The molecule has 1 saturated heterocycles. The average molecular weight is 405 g/mol. The molecule has 1 fully saturated rings. The zero-order chi connectivity index (χ0) is 21.3. The van der Waals surface area contributed by atoms with Gasteiger partial charge in [-0.25, -0.2) is 4.98 Å². The quantitative estimate of drug-likeness (QED) is 0.671. The predicted octanol–water partition coefficient (Wildman–Crippen LogP) is 2.67. The van der Waals surface area contributed by atoms with Gasteiger partial charge >= 0.3 is 0 Å². The van der Waals surface area contributed by atoms with Crippen LogP contribution in [0.15, 0.2) is 47.3 Å². The van der Waals surface area contributed by atoms with E-state index in [1.165, 1.54) is 5.56 Å². The van der Waals surface area contributed by atoms with Crippen LogP contribution >= 0.6 is 0 Å². The summed E-state index contributed by atoms with van der Waals surface area (Å²) in [5.74, 6) is -0.0124. The molecule has 0 aliphatic carbocycles. The second-order valence-corrected chi connectivity index (χ2v) is 8.16. The van der Waals surface area contributed by atoms with Gasteiger partial charge in [0.25, 0.3) is 5.56 Å². The summed E-state index contributed by atoms with van der Waals surface area (Å²) in [7, 11) is 0. The molecule has 0 radical (unpaired) electrons. The van der Waals surface area contributed by atoms with E-state index in [1.807, 2.05) is 36.9 Å². The number of piperazine rings is 1. The fraction of sp³-hybridized carbons (Fsp3) is 0.375. The maximum absolute atomic E-state index is 13.0. The summed E-state index contributed by atoms with van der Waals surface area (Å²) >= 11 is 0. The third kappa shape index (κ3) is 4.14. The molecule has 0 saturated carbocycles. The molecule has 3 aromatic rings. The smallest absolute Gasteiger partial charge is 0.272 e. The number of fused-ring (bicyclic) bond motifs is 1. The maximum Gasteiger partial charge on any atom is 0.272 e. The molecule has 30 heavy (non-hydrogen) atoms. The van der Waals surface area contributed by atoms with Crippen LogP contribution < -0.4 is 5.56 Å². The van der Waals surface area contributed by atoms with Crippen molar-refractivity contribution in [2.24, 2.45) is 0 Å². The second kappa shape index (κ2) is 8.40. The van der Waals surface area contributed by atoms with Crippen molar-refractivity contribution in [2.45, 2.75) is 33.9 Å². The van der Waals surface area contributed by atoms with Crippen molar-refractivity contribution in [2.75, 3.05) is 26.2 Å². The van der Waals surface area contributed by atoms with E-state index >= 15 is 0 Å². The van der Waals surface area contributed by atoms with Gasteiger partial charge in [0, 0.05) is 32.7 Å². The van der Waals surface area contributed by atoms with E-state index in [0.29, 0.717) is 18.8 Å². The van der Waals surface area contributed by atoms with Crippen molar-refractivity contribution in [3.05, 3.63) is 75.2 Å². The van der Waals surface area contributed by atoms with Crippen LogP contribution in [0.5, 0.6) is 0 Å². The van der Waals surface area contributed by atoms with Crippen LogP contribution in [0.3, 0.4) is 0 Å². The summed E-state index contributed by atoms with van der Waals surface area (Å²) in [6.45, 7) is 9.74. The molecular formula is C24H28N4O2. The first kappa shape index (κ1) is 20.3. The van der Waals surface area contributed by atoms with Crippen LogP contribution in [0.4, 0.5) is 0 Å². The Kier molecular flexibility index (Phi) is 5.68. The molecule has 0 spiro atoms. The Morgan fingerprint density at radius 2 is 1.63 bits per heavy atom. The van der Waals surface area contributed by atoms with Crippen molar-refractivity contribution in [3.63, 3.8) is 0 Å². The SMILES string of the molecule is Cc1cc2nc(C)c(=O)n(CC(=O)N3CCN(Cc4ccccc4)CC3)c2cc1C. The molecule has 0 bridgehead atoms. The van der Waals surface area contributed by atoms with Gasteiger partial charge in [-0.2, -0.15) is 0 Å².